The molecule has 3 nitrogen and oxygen atoms in total. The molecule has 0 saturated carbocycles. The molecule has 0 bridgehead atoms. The van der Waals surface area contributed by atoms with E-state index in [1.165, 1.54) is 26.9 Å². The first-order chi connectivity index (χ1) is 12.6. The van der Waals surface area contributed by atoms with Crippen LogP contribution in [0.2, 0.25) is 0 Å². The Morgan fingerprint density at radius 1 is 1.15 bits per heavy atom. The van der Waals surface area contributed by atoms with Crippen molar-refractivity contribution in [3.05, 3.63) is 64.0 Å². The van der Waals surface area contributed by atoms with Gasteiger partial charge in [0, 0.05) is 19.2 Å². The van der Waals surface area contributed by atoms with Crippen molar-refractivity contribution in [2.45, 2.75) is 32.4 Å². The summed E-state index contributed by atoms with van der Waals surface area (Å²) < 4.78 is 3.23. The number of amides is 1. The highest BCUT2D eigenvalue weighted by molar-refractivity contribution is 7.98. The Bertz CT molecular complexity index is 971. The van der Waals surface area contributed by atoms with Crippen LogP contribution in [0.25, 0.3) is 10.2 Å². The topological polar surface area (TPSA) is 34.4 Å². The molecule has 0 radical (unpaired) electrons. The van der Waals surface area contributed by atoms with Gasteiger partial charge in [0.2, 0.25) is 5.91 Å². The number of nitrogens with zero attached hydrogens (tertiary/aromatic N) is 2. The minimum Gasteiger partial charge on any atom is -0.319 e. The van der Waals surface area contributed by atoms with Crippen LogP contribution in [0.3, 0.4) is 0 Å². The van der Waals surface area contributed by atoms with Crippen LogP contribution in [0.4, 0.5) is 0 Å². The molecule has 5 heteroatoms. The first kappa shape index (κ1) is 18.9. The van der Waals surface area contributed by atoms with E-state index in [9.17, 15) is 4.79 Å². The van der Waals surface area contributed by atoms with E-state index in [1.54, 1.807) is 11.3 Å². The second kappa shape index (κ2) is 8.69. The number of fused-ring (bicyclic) bond motifs is 1. The largest absolute Gasteiger partial charge is 0.319 e. The monoisotopic (exact) mass is 384 g/mol. The molecule has 0 spiro atoms. The van der Waals surface area contributed by atoms with E-state index in [4.69, 9.17) is 0 Å². The standard InChI is InChI=1S/C21H24N2OS2/c1-15-11-12-18-20(16(15)2)23(3)21(26-18)22-19(24)10-7-13-25-14-17-8-5-4-6-9-17/h4-6,8-9,11-12H,7,10,13-14H2,1-3H3. The fourth-order valence-corrected chi connectivity index (χ4v) is 4.90. The molecule has 2 aromatic carbocycles. The normalized spacial score (nSPS) is 12.0. The molecule has 0 fully saturated rings. The van der Waals surface area contributed by atoms with Gasteiger partial charge in [-0.3, -0.25) is 4.79 Å². The van der Waals surface area contributed by atoms with E-state index in [-0.39, 0.29) is 5.91 Å². The number of hydrogen-bond donors (Lipinski definition) is 0. The minimum absolute atomic E-state index is 0.0261. The zero-order valence-corrected chi connectivity index (χ0v) is 17.1. The molecule has 0 aliphatic heterocycles. The summed E-state index contributed by atoms with van der Waals surface area (Å²) in [6, 6.07) is 14.7. The van der Waals surface area contributed by atoms with E-state index in [0.717, 1.165) is 22.7 Å². The lowest BCUT2D eigenvalue weighted by molar-refractivity contribution is -0.118. The van der Waals surface area contributed by atoms with E-state index in [1.807, 2.05) is 29.4 Å². The molecule has 0 unspecified atom stereocenters. The average molecular weight is 385 g/mol. The maximum Gasteiger partial charge on any atom is 0.248 e. The average Bonchev–Trinajstić information content (AvgIpc) is 2.95. The molecule has 0 aliphatic carbocycles. The summed E-state index contributed by atoms with van der Waals surface area (Å²) in [5.41, 5.74) is 5.03. The van der Waals surface area contributed by atoms with Gasteiger partial charge in [-0.05, 0) is 48.8 Å². The number of thiazole rings is 1. The van der Waals surface area contributed by atoms with Gasteiger partial charge in [0.15, 0.2) is 4.80 Å². The van der Waals surface area contributed by atoms with Crippen molar-refractivity contribution < 1.29 is 4.79 Å². The molecule has 1 aromatic heterocycles. The fraction of sp³-hybridized carbons (Fsp3) is 0.333. The Morgan fingerprint density at radius 2 is 1.92 bits per heavy atom. The predicted octanol–water partition coefficient (Wildman–Crippen LogP) is 5.00. The van der Waals surface area contributed by atoms with Crippen LogP contribution in [0.15, 0.2) is 47.5 Å². The number of rotatable bonds is 6. The smallest absolute Gasteiger partial charge is 0.248 e. The molecule has 0 atom stereocenters. The van der Waals surface area contributed by atoms with Crippen LogP contribution in [0, 0.1) is 13.8 Å². The lowest BCUT2D eigenvalue weighted by Gasteiger charge is -2.03. The highest BCUT2D eigenvalue weighted by Gasteiger charge is 2.08. The summed E-state index contributed by atoms with van der Waals surface area (Å²) in [6.45, 7) is 4.24. The Morgan fingerprint density at radius 3 is 2.69 bits per heavy atom. The molecule has 26 heavy (non-hydrogen) atoms. The number of aromatic nitrogens is 1. The molecule has 3 aromatic rings. The summed E-state index contributed by atoms with van der Waals surface area (Å²) in [5, 5.41) is 0. The Hall–Kier alpha value is -1.85. The summed E-state index contributed by atoms with van der Waals surface area (Å²) in [6.07, 6.45) is 1.38. The maximum atomic E-state index is 12.2. The van der Waals surface area contributed by atoms with Gasteiger partial charge in [-0.15, -0.1) is 0 Å². The molecule has 1 amide bonds. The lowest BCUT2D eigenvalue weighted by Crippen LogP contribution is -2.13. The number of carbonyl (C=O) groups excluding carboxylic acids is 1. The minimum atomic E-state index is -0.0261. The number of aryl methyl sites for hydroxylation is 3. The van der Waals surface area contributed by atoms with Gasteiger partial charge in [0.25, 0.3) is 0 Å². The highest BCUT2D eigenvalue weighted by Crippen LogP contribution is 2.23. The second-order valence-corrected chi connectivity index (χ2v) is 8.56. The van der Waals surface area contributed by atoms with Crippen LogP contribution in [-0.2, 0) is 17.6 Å². The third-order valence-electron chi connectivity index (χ3n) is 4.50. The number of carbonyl (C=O) groups is 1. The third-order valence-corrected chi connectivity index (χ3v) is 6.71. The SMILES string of the molecule is Cc1ccc2sc(=NC(=O)CCCSCc3ccccc3)n(C)c2c1C. The van der Waals surface area contributed by atoms with Gasteiger partial charge in [-0.25, -0.2) is 0 Å². The summed E-state index contributed by atoms with van der Waals surface area (Å²) in [4.78, 5) is 17.4. The highest BCUT2D eigenvalue weighted by atomic mass is 32.2. The van der Waals surface area contributed by atoms with E-state index < -0.39 is 0 Å². The van der Waals surface area contributed by atoms with Gasteiger partial charge in [-0.2, -0.15) is 16.8 Å². The zero-order valence-electron chi connectivity index (χ0n) is 15.5. The molecule has 136 valence electrons. The van der Waals surface area contributed by atoms with Crippen molar-refractivity contribution in [1.29, 1.82) is 0 Å². The van der Waals surface area contributed by atoms with Crippen LogP contribution in [0.1, 0.15) is 29.5 Å². The molecular formula is C21H24N2OS2. The van der Waals surface area contributed by atoms with Gasteiger partial charge in [0.05, 0.1) is 10.2 Å². The van der Waals surface area contributed by atoms with Crippen molar-refractivity contribution in [2.24, 2.45) is 12.0 Å². The summed E-state index contributed by atoms with van der Waals surface area (Å²) in [5.74, 6) is 1.95. The fourth-order valence-electron chi connectivity index (χ4n) is 2.89. The molecule has 1 heterocycles. The molecule has 0 N–H and O–H groups in total. The van der Waals surface area contributed by atoms with E-state index in [2.05, 4.69) is 55.2 Å². The summed E-state index contributed by atoms with van der Waals surface area (Å²) in [7, 11) is 1.99. The molecule has 3 rings (SSSR count). The predicted molar refractivity (Wildman–Crippen MR) is 113 cm³/mol. The van der Waals surface area contributed by atoms with Crippen LogP contribution in [0.5, 0.6) is 0 Å². The van der Waals surface area contributed by atoms with Crippen LogP contribution in [-0.4, -0.2) is 16.2 Å². The quantitative estimate of drug-likeness (QED) is 0.561. The molecular weight excluding hydrogens is 360 g/mol. The van der Waals surface area contributed by atoms with Crippen molar-refractivity contribution in [1.82, 2.24) is 4.57 Å². The zero-order chi connectivity index (χ0) is 18.5. The Labute approximate surface area is 162 Å². The van der Waals surface area contributed by atoms with Crippen molar-refractivity contribution >= 4 is 39.2 Å². The van der Waals surface area contributed by atoms with Crippen molar-refractivity contribution in [3.63, 3.8) is 0 Å². The maximum absolute atomic E-state index is 12.2. The Kier molecular flexibility index (Phi) is 6.33. The van der Waals surface area contributed by atoms with Gasteiger partial charge >= 0.3 is 0 Å². The first-order valence-electron chi connectivity index (χ1n) is 8.81. The molecule has 0 aliphatic rings. The lowest BCUT2D eigenvalue weighted by atomic mass is 10.1. The number of benzene rings is 2. The Balaban J connectivity index is 1.58. The van der Waals surface area contributed by atoms with Crippen LogP contribution >= 0.6 is 23.1 Å². The van der Waals surface area contributed by atoms with Crippen molar-refractivity contribution in [2.75, 3.05) is 5.75 Å². The number of hydrogen-bond acceptors (Lipinski definition) is 3. The van der Waals surface area contributed by atoms with Crippen LogP contribution < -0.4 is 4.80 Å². The third kappa shape index (κ3) is 4.46. The second-order valence-electron chi connectivity index (χ2n) is 6.45. The van der Waals surface area contributed by atoms with E-state index in [0.29, 0.717) is 6.42 Å². The number of thioether (sulfide) groups is 1. The summed E-state index contributed by atoms with van der Waals surface area (Å²) >= 11 is 3.45. The van der Waals surface area contributed by atoms with Gasteiger partial charge in [-0.1, -0.05) is 47.7 Å². The van der Waals surface area contributed by atoms with Gasteiger partial charge < -0.3 is 4.57 Å². The first-order valence-corrected chi connectivity index (χ1v) is 10.8. The van der Waals surface area contributed by atoms with Gasteiger partial charge in [0.1, 0.15) is 0 Å². The molecule has 0 saturated heterocycles. The van der Waals surface area contributed by atoms with E-state index >= 15 is 0 Å². The van der Waals surface area contributed by atoms with Crippen molar-refractivity contribution in [3.8, 4) is 0 Å².